The summed E-state index contributed by atoms with van der Waals surface area (Å²) >= 11 is 5.73. The number of benzene rings is 1. The molecule has 1 aromatic carbocycles. The molecule has 0 spiro atoms. The van der Waals surface area contributed by atoms with Crippen molar-refractivity contribution in [1.29, 1.82) is 0 Å². The summed E-state index contributed by atoms with van der Waals surface area (Å²) in [5.41, 5.74) is -0.155. The third kappa shape index (κ3) is 6.71. The van der Waals surface area contributed by atoms with Gasteiger partial charge in [-0.15, -0.1) is 0 Å². The number of aliphatic imine (C=N–C) groups is 1. The molecule has 0 aliphatic rings. The number of hydrogen-bond donors (Lipinski definition) is 2. The predicted octanol–water partition coefficient (Wildman–Crippen LogP) is 4.19. The maximum absolute atomic E-state index is 13.2. The molecular weight excluding hydrogens is 384 g/mol. The van der Waals surface area contributed by atoms with Crippen LogP contribution in [0.3, 0.4) is 0 Å². The molecule has 0 bridgehead atoms. The largest absolute Gasteiger partial charge is 0.416 e. The molecule has 146 valence electrons. The van der Waals surface area contributed by atoms with Crippen LogP contribution in [-0.2, 0) is 19.1 Å². The fourth-order valence-electron chi connectivity index (χ4n) is 2.34. The van der Waals surface area contributed by atoms with Gasteiger partial charge in [0, 0.05) is 19.3 Å². The van der Waals surface area contributed by atoms with Crippen LogP contribution in [0.2, 0.25) is 5.15 Å². The smallest absolute Gasteiger partial charge is 0.357 e. The second-order valence-electron chi connectivity index (χ2n) is 5.66. The number of hydrogen-bond acceptors (Lipinski definition) is 2. The van der Waals surface area contributed by atoms with E-state index in [1.807, 2.05) is 13.0 Å². The van der Waals surface area contributed by atoms with Gasteiger partial charge in [0.15, 0.2) is 5.96 Å². The van der Waals surface area contributed by atoms with Gasteiger partial charge in [0.25, 0.3) is 0 Å². The number of nitrogens with one attached hydrogen (secondary N) is 2. The molecule has 0 aliphatic carbocycles. The van der Waals surface area contributed by atoms with Crippen molar-refractivity contribution in [3.63, 3.8) is 0 Å². The lowest BCUT2D eigenvalue weighted by Gasteiger charge is -2.14. The molecule has 0 atom stereocenters. The van der Waals surface area contributed by atoms with Gasteiger partial charge in [-0.1, -0.05) is 23.7 Å². The van der Waals surface area contributed by atoms with Crippen LogP contribution in [0.4, 0.5) is 17.6 Å². The monoisotopic (exact) mass is 402 g/mol. The van der Waals surface area contributed by atoms with Crippen molar-refractivity contribution in [3.05, 3.63) is 64.2 Å². The van der Waals surface area contributed by atoms with Gasteiger partial charge in [0.2, 0.25) is 0 Å². The highest BCUT2D eigenvalue weighted by molar-refractivity contribution is 6.29. The van der Waals surface area contributed by atoms with Crippen LogP contribution in [0.25, 0.3) is 0 Å². The van der Waals surface area contributed by atoms with Gasteiger partial charge in [0.1, 0.15) is 11.0 Å². The Kier molecular flexibility index (Phi) is 7.41. The fraction of sp³-hybridized carbons (Fsp3) is 0.333. The van der Waals surface area contributed by atoms with Crippen LogP contribution in [-0.4, -0.2) is 24.0 Å². The molecule has 1 aromatic heterocycles. The average molecular weight is 403 g/mol. The normalized spacial score (nSPS) is 12.1. The van der Waals surface area contributed by atoms with E-state index < -0.39 is 17.6 Å². The van der Waals surface area contributed by atoms with E-state index in [2.05, 4.69) is 20.6 Å². The Morgan fingerprint density at radius 3 is 2.59 bits per heavy atom. The standard InChI is InChI=1S/C18H19ClF4N4/c1-2-24-17(25-8-7-12-3-6-16(19)26-10-12)27-11-13-4-5-14(20)9-15(13)18(21,22)23/h3-6,9-10H,2,7-8,11H2,1H3,(H2,24,25,27). The van der Waals surface area contributed by atoms with Gasteiger partial charge in [-0.3, -0.25) is 0 Å². The number of nitrogens with zero attached hydrogens (tertiary/aromatic N) is 2. The maximum atomic E-state index is 13.2. The number of rotatable bonds is 6. The lowest BCUT2D eigenvalue weighted by molar-refractivity contribution is -0.138. The molecule has 0 aliphatic heterocycles. The minimum absolute atomic E-state index is 0.0944. The van der Waals surface area contributed by atoms with Crippen molar-refractivity contribution in [3.8, 4) is 0 Å². The topological polar surface area (TPSA) is 49.3 Å². The Hall–Kier alpha value is -2.35. The molecule has 2 rings (SSSR count). The Morgan fingerprint density at radius 1 is 1.19 bits per heavy atom. The maximum Gasteiger partial charge on any atom is 0.416 e. The van der Waals surface area contributed by atoms with Crippen molar-refractivity contribution in [1.82, 2.24) is 15.6 Å². The van der Waals surface area contributed by atoms with Gasteiger partial charge in [-0.05, 0) is 42.7 Å². The molecule has 0 saturated carbocycles. The zero-order chi connectivity index (χ0) is 19.9. The molecule has 0 unspecified atom stereocenters. The Morgan fingerprint density at radius 2 is 1.96 bits per heavy atom. The number of pyridine rings is 1. The third-order valence-corrected chi connectivity index (χ3v) is 3.85. The molecular formula is C18H19ClF4N4. The molecule has 1 heterocycles. The summed E-state index contributed by atoms with van der Waals surface area (Å²) in [5.74, 6) is -0.562. The summed E-state index contributed by atoms with van der Waals surface area (Å²) < 4.78 is 52.3. The van der Waals surface area contributed by atoms with Crippen LogP contribution in [0.15, 0.2) is 41.5 Å². The molecule has 0 radical (unpaired) electrons. The predicted molar refractivity (Wildman–Crippen MR) is 97.2 cm³/mol. The van der Waals surface area contributed by atoms with Gasteiger partial charge >= 0.3 is 6.18 Å². The number of guanidine groups is 1. The summed E-state index contributed by atoms with van der Waals surface area (Å²) in [4.78, 5) is 8.15. The van der Waals surface area contributed by atoms with E-state index in [9.17, 15) is 17.6 Å². The molecule has 4 nitrogen and oxygen atoms in total. The zero-order valence-electron chi connectivity index (χ0n) is 14.6. The number of aromatic nitrogens is 1. The van der Waals surface area contributed by atoms with E-state index in [0.717, 1.165) is 17.7 Å². The van der Waals surface area contributed by atoms with Crippen molar-refractivity contribution < 1.29 is 17.6 Å². The Labute approximate surface area is 159 Å². The van der Waals surface area contributed by atoms with Crippen LogP contribution in [0.1, 0.15) is 23.6 Å². The van der Waals surface area contributed by atoms with Crippen molar-refractivity contribution >= 4 is 17.6 Å². The van der Waals surface area contributed by atoms with Crippen LogP contribution >= 0.6 is 11.6 Å². The Bertz CT molecular complexity index is 776. The fourth-order valence-corrected chi connectivity index (χ4v) is 2.45. The summed E-state index contributed by atoms with van der Waals surface area (Å²) in [6, 6.07) is 6.11. The first-order valence-electron chi connectivity index (χ1n) is 8.28. The van der Waals surface area contributed by atoms with Gasteiger partial charge in [-0.25, -0.2) is 14.4 Å². The second kappa shape index (κ2) is 9.55. The van der Waals surface area contributed by atoms with Crippen LogP contribution < -0.4 is 10.6 Å². The quantitative estimate of drug-likeness (QED) is 0.330. The van der Waals surface area contributed by atoms with E-state index in [1.165, 1.54) is 0 Å². The van der Waals surface area contributed by atoms with Gasteiger partial charge in [0.05, 0.1) is 12.1 Å². The summed E-state index contributed by atoms with van der Waals surface area (Å²) in [7, 11) is 0. The zero-order valence-corrected chi connectivity index (χ0v) is 15.3. The van der Waals surface area contributed by atoms with Crippen LogP contribution in [0, 0.1) is 5.82 Å². The van der Waals surface area contributed by atoms with Crippen LogP contribution in [0.5, 0.6) is 0 Å². The lowest BCUT2D eigenvalue weighted by Crippen LogP contribution is -2.38. The van der Waals surface area contributed by atoms with E-state index >= 15 is 0 Å². The lowest BCUT2D eigenvalue weighted by atomic mass is 10.1. The average Bonchev–Trinajstić information content (AvgIpc) is 2.61. The molecule has 27 heavy (non-hydrogen) atoms. The highest BCUT2D eigenvalue weighted by Crippen LogP contribution is 2.32. The first-order valence-corrected chi connectivity index (χ1v) is 8.65. The molecule has 2 N–H and O–H groups in total. The highest BCUT2D eigenvalue weighted by Gasteiger charge is 2.33. The van der Waals surface area contributed by atoms with Crippen molar-refractivity contribution in [2.75, 3.05) is 13.1 Å². The second-order valence-corrected chi connectivity index (χ2v) is 6.05. The van der Waals surface area contributed by atoms with E-state index in [0.29, 0.717) is 36.7 Å². The summed E-state index contributed by atoms with van der Waals surface area (Å²) in [6.45, 7) is 2.67. The molecule has 0 fully saturated rings. The summed E-state index contributed by atoms with van der Waals surface area (Å²) in [5, 5.41) is 6.42. The first-order chi connectivity index (χ1) is 12.8. The minimum Gasteiger partial charge on any atom is -0.357 e. The van der Waals surface area contributed by atoms with E-state index in [4.69, 9.17) is 11.6 Å². The van der Waals surface area contributed by atoms with Crippen molar-refractivity contribution in [2.24, 2.45) is 4.99 Å². The van der Waals surface area contributed by atoms with E-state index in [-0.39, 0.29) is 12.1 Å². The number of alkyl halides is 3. The minimum atomic E-state index is -4.64. The van der Waals surface area contributed by atoms with Gasteiger partial charge in [-0.2, -0.15) is 13.2 Å². The van der Waals surface area contributed by atoms with Crippen molar-refractivity contribution in [2.45, 2.75) is 26.1 Å². The third-order valence-electron chi connectivity index (χ3n) is 3.62. The van der Waals surface area contributed by atoms with E-state index in [1.54, 1.807) is 12.3 Å². The molecule has 0 amide bonds. The Balaban J connectivity index is 2.04. The first kappa shape index (κ1) is 21.0. The molecule has 9 heteroatoms. The number of halogens is 5. The molecule has 0 saturated heterocycles. The van der Waals surface area contributed by atoms with Gasteiger partial charge < -0.3 is 10.6 Å². The highest BCUT2D eigenvalue weighted by atomic mass is 35.5. The SMILES string of the molecule is CCNC(=NCc1ccc(F)cc1C(F)(F)F)NCCc1ccc(Cl)nc1. The molecule has 2 aromatic rings. The summed E-state index contributed by atoms with van der Waals surface area (Å²) in [6.07, 6.45) is -2.35.